The van der Waals surface area contributed by atoms with Crippen molar-refractivity contribution >= 4 is 11.9 Å². The first-order chi connectivity index (χ1) is 5.16. The summed E-state index contributed by atoms with van der Waals surface area (Å²) in [5, 5.41) is 0. The Morgan fingerprint density at radius 2 is 2.18 bits per heavy atom. The molecule has 60 valence electrons. The molecule has 3 heteroatoms. The fourth-order valence-electron chi connectivity index (χ4n) is 0.436. The monoisotopic (exact) mass is 154 g/mol. The fraction of sp³-hybridized carbons (Fsp3) is 0.250. The molecule has 0 aromatic heterocycles. The molecular weight excluding hydrogens is 144 g/mol. The summed E-state index contributed by atoms with van der Waals surface area (Å²) in [6.45, 7) is 4.63. The molecule has 0 N–H and O–H groups in total. The van der Waals surface area contributed by atoms with Crippen LogP contribution in [-0.2, 0) is 14.3 Å². The molecule has 0 heterocycles. The lowest BCUT2D eigenvalue weighted by atomic mass is 10.4. The van der Waals surface area contributed by atoms with E-state index in [-0.39, 0.29) is 0 Å². The van der Waals surface area contributed by atoms with Crippen molar-refractivity contribution in [2.45, 2.75) is 13.3 Å². The van der Waals surface area contributed by atoms with Gasteiger partial charge in [0.2, 0.25) is 0 Å². The van der Waals surface area contributed by atoms with Crippen LogP contribution in [0.1, 0.15) is 13.3 Å². The maximum absolute atomic E-state index is 10.6. The molecule has 0 radical (unpaired) electrons. The van der Waals surface area contributed by atoms with Crippen molar-refractivity contribution in [1.29, 1.82) is 0 Å². The van der Waals surface area contributed by atoms with Gasteiger partial charge in [-0.2, -0.15) is 0 Å². The van der Waals surface area contributed by atoms with Gasteiger partial charge in [-0.25, -0.2) is 4.79 Å². The summed E-state index contributed by atoms with van der Waals surface area (Å²) in [5.41, 5.74) is 0. The van der Waals surface area contributed by atoms with Gasteiger partial charge in [0.05, 0.1) is 0 Å². The van der Waals surface area contributed by atoms with Crippen LogP contribution in [0.5, 0.6) is 0 Å². The van der Waals surface area contributed by atoms with Gasteiger partial charge in [-0.15, -0.1) is 6.58 Å². The van der Waals surface area contributed by atoms with Crippen LogP contribution in [0.25, 0.3) is 0 Å². The second-order valence-corrected chi connectivity index (χ2v) is 1.84. The van der Waals surface area contributed by atoms with Crippen LogP contribution < -0.4 is 0 Å². The minimum atomic E-state index is -0.639. The summed E-state index contributed by atoms with van der Waals surface area (Å²) in [4.78, 5) is 20.8. The van der Waals surface area contributed by atoms with Crippen molar-refractivity contribution in [3.63, 3.8) is 0 Å². The van der Waals surface area contributed by atoms with Crippen molar-refractivity contribution in [2.75, 3.05) is 0 Å². The van der Waals surface area contributed by atoms with Crippen LogP contribution >= 0.6 is 0 Å². The van der Waals surface area contributed by atoms with Crippen molar-refractivity contribution in [3.8, 4) is 0 Å². The third kappa shape index (κ3) is 6.51. The van der Waals surface area contributed by atoms with E-state index < -0.39 is 11.9 Å². The Morgan fingerprint density at radius 3 is 2.64 bits per heavy atom. The topological polar surface area (TPSA) is 43.4 Å². The third-order valence-corrected chi connectivity index (χ3v) is 0.801. The molecule has 0 aliphatic heterocycles. The Balaban J connectivity index is 3.68. The van der Waals surface area contributed by atoms with Gasteiger partial charge in [0.25, 0.3) is 0 Å². The lowest BCUT2D eigenvalue weighted by Crippen LogP contribution is -2.05. The standard InChI is InChI=1S/C8H10O3/c1-3-4-5-6-8(10)11-7(2)9/h3,5-6H,1,4H2,2H3/b6-5+. The van der Waals surface area contributed by atoms with Crippen molar-refractivity contribution in [3.05, 3.63) is 24.8 Å². The zero-order chi connectivity index (χ0) is 8.69. The Morgan fingerprint density at radius 1 is 1.55 bits per heavy atom. The highest BCUT2D eigenvalue weighted by atomic mass is 16.6. The van der Waals surface area contributed by atoms with Crippen molar-refractivity contribution in [2.24, 2.45) is 0 Å². The molecule has 0 aliphatic rings. The Labute approximate surface area is 65.4 Å². The maximum atomic E-state index is 10.6. The molecule has 0 atom stereocenters. The van der Waals surface area contributed by atoms with E-state index in [0.29, 0.717) is 6.42 Å². The summed E-state index contributed by atoms with van der Waals surface area (Å²) in [6.07, 6.45) is 4.99. The van der Waals surface area contributed by atoms with Crippen molar-refractivity contribution in [1.82, 2.24) is 0 Å². The van der Waals surface area contributed by atoms with E-state index in [9.17, 15) is 9.59 Å². The van der Waals surface area contributed by atoms with Crippen molar-refractivity contribution < 1.29 is 14.3 Å². The number of ether oxygens (including phenoxy) is 1. The number of carbonyl (C=O) groups is 2. The van der Waals surface area contributed by atoms with Crippen LogP contribution in [0.4, 0.5) is 0 Å². The molecule has 0 unspecified atom stereocenters. The average molecular weight is 154 g/mol. The molecule has 3 nitrogen and oxygen atoms in total. The van der Waals surface area contributed by atoms with E-state index in [1.165, 1.54) is 13.0 Å². The van der Waals surface area contributed by atoms with Gasteiger partial charge in [0.1, 0.15) is 0 Å². The Bertz CT molecular complexity index is 192. The van der Waals surface area contributed by atoms with Gasteiger partial charge < -0.3 is 4.74 Å². The van der Waals surface area contributed by atoms with Crippen LogP contribution in [0.15, 0.2) is 24.8 Å². The van der Waals surface area contributed by atoms with Gasteiger partial charge in [-0.3, -0.25) is 4.79 Å². The third-order valence-electron chi connectivity index (χ3n) is 0.801. The summed E-state index contributed by atoms with van der Waals surface area (Å²) in [6, 6.07) is 0. The summed E-state index contributed by atoms with van der Waals surface area (Å²) in [7, 11) is 0. The molecule has 0 amide bonds. The van der Waals surface area contributed by atoms with Gasteiger partial charge in [-0.05, 0) is 6.42 Å². The molecule has 0 spiro atoms. The molecule has 0 aromatic rings. The highest BCUT2D eigenvalue weighted by molar-refractivity contribution is 5.91. The summed E-state index contributed by atoms with van der Waals surface area (Å²) in [5.74, 6) is -1.24. The zero-order valence-corrected chi connectivity index (χ0v) is 6.37. The molecule has 0 rings (SSSR count). The quantitative estimate of drug-likeness (QED) is 0.265. The van der Waals surface area contributed by atoms with E-state index in [0.717, 1.165) is 0 Å². The van der Waals surface area contributed by atoms with Crippen LogP contribution in [0, 0.1) is 0 Å². The second kappa shape index (κ2) is 5.41. The first-order valence-electron chi connectivity index (χ1n) is 3.16. The van der Waals surface area contributed by atoms with Gasteiger partial charge in [0.15, 0.2) is 0 Å². The molecule has 11 heavy (non-hydrogen) atoms. The Kier molecular flexibility index (Phi) is 4.73. The highest BCUT2D eigenvalue weighted by Gasteiger charge is 1.98. The SMILES string of the molecule is C=CC/C=C/C(=O)OC(C)=O. The number of rotatable bonds is 3. The van der Waals surface area contributed by atoms with Crippen LogP contribution in [0.3, 0.4) is 0 Å². The first-order valence-corrected chi connectivity index (χ1v) is 3.16. The lowest BCUT2D eigenvalue weighted by Gasteiger charge is -1.91. The number of allylic oxidation sites excluding steroid dienone is 2. The minimum absolute atomic E-state index is 0.590. The lowest BCUT2D eigenvalue weighted by molar-refractivity contribution is -0.154. The van der Waals surface area contributed by atoms with E-state index >= 15 is 0 Å². The minimum Gasteiger partial charge on any atom is -0.390 e. The zero-order valence-electron chi connectivity index (χ0n) is 6.37. The average Bonchev–Trinajstić information content (AvgIpc) is 1.86. The molecule has 0 saturated carbocycles. The van der Waals surface area contributed by atoms with E-state index in [2.05, 4.69) is 11.3 Å². The fourth-order valence-corrected chi connectivity index (χ4v) is 0.436. The molecule has 0 aliphatic carbocycles. The number of hydrogen-bond donors (Lipinski definition) is 0. The van der Waals surface area contributed by atoms with Gasteiger partial charge >= 0.3 is 11.9 Å². The summed E-state index contributed by atoms with van der Waals surface area (Å²) >= 11 is 0. The predicted octanol–water partition coefficient (Wildman–Crippen LogP) is 1.21. The molecule has 0 saturated heterocycles. The van der Waals surface area contributed by atoms with Crippen LogP contribution in [0.2, 0.25) is 0 Å². The normalized spacial score (nSPS) is 9.55. The predicted molar refractivity (Wildman–Crippen MR) is 40.7 cm³/mol. The van der Waals surface area contributed by atoms with Gasteiger partial charge in [0, 0.05) is 13.0 Å². The number of carbonyl (C=O) groups excluding carboxylic acids is 2. The van der Waals surface area contributed by atoms with Crippen LogP contribution in [-0.4, -0.2) is 11.9 Å². The molecule has 0 fully saturated rings. The highest BCUT2D eigenvalue weighted by Crippen LogP contribution is 1.86. The molecule has 0 bridgehead atoms. The Hall–Kier alpha value is -1.38. The molecule has 0 aromatic carbocycles. The van der Waals surface area contributed by atoms with E-state index in [4.69, 9.17) is 0 Å². The van der Waals surface area contributed by atoms with E-state index in [1.807, 2.05) is 0 Å². The number of hydrogen-bond acceptors (Lipinski definition) is 3. The van der Waals surface area contributed by atoms with E-state index in [1.54, 1.807) is 12.2 Å². The smallest absolute Gasteiger partial charge is 0.338 e. The summed E-state index contributed by atoms with van der Waals surface area (Å²) < 4.78 is 4.20. The largest absolute Gasteiger partial charge is 0.390 e. The molecular formula is C8H10O3. The second-order valence-electron chi connectivity index (χ2n) is 1.84. The number of esters is 2. The van der Waals surface area contributed by atoms with Gasteiger partial charge in [-0.1, -0.05) is 12.2 Å². The first kappa shape index (κ1) is 9.62. The maximum Gasteiger partial charge on any atom is 0.338 e.